The summed E-state index contributed by atoms with van der Waals surface area (Å²) in [6.45, 7) is 7.26. The van der Waals surface area contributed by atoms with Crippen molar-refractivity contribution in [3.8, 4) is 0 Å². The number of piperidine rings is 1. The van der Waals surface area contributed by atoms with Crippen molar-refractivity contribution >= 4 is 11.6 Å². The van der Waals surface area contributed by atoms with Crippen LogP contribution >= 0.6 is 11.6 Å². The van der Waals surface area contributed by atoms with Crippen LogP contribution in [0.1, 0.15) is 24.2 Å². The summed E-state index contributed by atoms with van der Waals surface area (Å²) < 4.78 is 2.05. The molecule has 1 aliphatic rings. The smallest absolute Gasteiger partial charge is 0.0844 e. The van der Waals surface area contributed by atoms with Gasteiger partial charge in [0, 0.05) is 6.54 Å². The minimum atomic E-state index is 0.702. The molecule has 0 bridgehead atoms. The van der Waals surface area contributed by atoms with Crippen LogP contribution in [0.25, 0.3) is 0 Å². The minimum Gasteiger partial charge on any atom is -0.316 e. The molecule has 1 N–H and O–H groups in total. The molecule has 0 aliphatic carbocycles. The van der Waals surface area contributed by atoms with Gasteiger partial charge in [-0.25, -0.2) is 0 Å². The number of aromatic nitrogens is 2. The van der Waals surface area contributed by atoms with E-state index in [4.69, 9.17) is 11.6 Å². The lowest BCUT2D eigenvalue weighted by Gasteiger charge is -2.23. The zero-order chi connectivity index (χ0) is 10.8. The van der Waals surface area contributed by atoms with E-state index in [2.05, 4.69) is 15.1 Å². The van der Waals surface area contributed by atoms with E-state index in [9.17, 15) is 0 Å². The van der Waals surface area contributed by atoms with Crippen molar-refractivity contribution in [1.29, 1.82) is 0 Å². The first-order valence-corrected chi connectivity index (χ1v) is 5.96. The second-order valence-electron chi connectivity index (χ2n) is 4.38. The van der Waals surface area contributed by atoms with Crippen LogP contribution in [0.4, 0.5) is 0 Å². The Hall–Kier alpha value is -0.540. The molecule has 1 fully saturated rings. The van der Waals surface area contributed by atoms with Crippen LogP contribution in [0.2, 0.25) is 5.02 Å². The van der Waals surface area contributed by atoms with E-state index in [1.54, 1.807) is 0 Å². The Labute approximate surface area is 95.8 Å². The van der Waals surface area contributed by atoms with Gasteiger partial charge in [0.2, 0.25) is 0 Å². The predicted octanol–water partition coefficient (Wildman–Crippen LogP) is 2.15. The maximum absolute atomic E-state index is 6.12. The molecule has 1 unspecified atom stereocenters. The summed E-state index contributed by atoms with van der Waals surface area (Å²) >= 11 is 6.12. The zero-order valence-corrected chi connectivity index (χ0v) is 10.1. The van der Waals surface area contributed by atoms with Gasteiger partial charge in [-0.3, -0.25) is 4.68 Å². The Bertz CT molecular complexity index is 340. The SMILES string of the molecule is Cc1nn(CC2CCCNC2)c(C)c1Cl. The highest BCUT2D eigenvalue weighted by atomic mass is 35.5. The molecule has 84 valence electrons. The summed E-state index contributed by atoms with van der Waals surface area (Å²) in [5, 5.41) is 8.70. The maximum atomic E-state index is 6.12. The van der Waals surface area contributed by atoms with Crippen LogP contribution in [-0.4, -0.2) is 22.9 Å². The van der Waals surface area contributed by atoms with Crippen LogP contribution < -0.4 is 5.32 Å². The lowest BCUT2D eigenvalue weighted by molar-refractivity contribution is 0.322. The third kappa shape index (κ3) is 2.34. The third-order valence-electron chi connectivity index (χ3n) is 3.12. The van der Waals surface area contributed by atoms with Gasteiger partial charge in [0.05, 0.1) is 16.4 Å². The second-order valence-corrected chi connectivity index (χ2v) is 4.76. The van der Waals surface area contributed by atoms with Crippen LogP contribution in [-0.2, 0) is 6.54 Å². The highest BCUT2D eigenvalue weighted by Gasteiger charge is 2.16. The molecular formula is C11H18ClN3. The molecule has 1 aliphatic heterocycles. The average molecular weight is 228 g/mol. The molecule has 0 saturated carbocycles. The largest absolute Gasteiger partial charge is 0.316 e. The minimum absolute atomic E-state index is 0.702. The first-order chi connectivity index (χ1) is 7.18. The Kier molecular flexibility index (Phi) is 3.32. The molecule has 2 heterocycles. The Balaban J connectivity index is 2.06. The van der Waals surface area contributed by atoms with Gasteiger partial charge in [-0.1, -0.05) is 11.6 Å². The van der Waals surface area contributed by atoms with Crippen molar-refractivity contribution in [3.63, 3.8) is 0 Å². The van der Waals surface area contributed by atoms with Gasteiger partial charge in [0.15, 0.2) is 0 Å². The molecule has 3 nitrogen and oxygen atoms in total. The van der Waals surface area contributed by atoms with Gasteiger partial charge in [0.25, 0.3) is 0 Å². The van der Waals surface area contributed by atoms with Crippen LogP contribution in [0, 0.1) is 19.8 Å². The normalized spacial score (nSPS) is 21.9. The van der Waals surface area contributed by atoms with Gasteiger partial charge < -0.3 is 5.32 Å². The van der Waals surface area contributed by atoms with Crippen LogP contribution in [0.5, 0.6) is 0 Å². The fourth-order valence-corrected chi connectivity index (χ4v) is 2.31. The fraction of sp³-hybridized carbons (Fsp3) is 0.727. The van der Waals surface area contributed by atoms with E-state index in [1.807, 2.05) is 13.8 Å². The number of aryl methyl sites for hydroxylation is 1. The summed E-state index contributed by atoms with van der Waals surface area (Å²) in [7, 11) is 0. The van der Waals surface area contributed by atoms with Gasteiger partial charge >= 0.3 is 0 Å². The molecule has 0 aromatic carbocycles. The average Bonchev–Trinajstić information content (AvgIpc) is 2.48. The maximum Gasteiger partial charge on any atom is 0.0844 e. The lowest BCUT2D eigenvalue weighted by atomic mass is 10.00. The van der Waals surface area contributed by atoms with Gasteiger partial charge in [-0.2, -0.15) is 5.10 Å². The van der Waals surface area contributed by atoms with E-state index in [0.29, 0.717) is 5.92 Å². The highest BCUT2D eigenvalue weighted by molar-refractivity contribution is 6.31. The van der Waals surface area contributed by atoms with E-state index in [1.165, 1.54) is 12.8 Å². The summed E-state index contributed by atoms with van der Waals surface area (Å²) in [6, 6.07) is 0. The highest BCUT2D eigenvalue weighted by Crippen LogP contribution is 2.21. The number of nitrogens with one attached hydrogen (secondary N) is 1. The Morgan fingerprint density at radius 2 is 2.33 bits per heavy atom. The summed E-state index contributed by atoms with van der Waals surface area (Å²) in [5.74, 6) is 0.702. The predicted molar refractivity (Wildman–Crippen MR) is 62.3 cm³/mol. The first kappa shape index (κ1) is 11.0. The standard InChI is InChI=1S/C11H18ClN3/c1-8-11(12)9(2)15(14-8)7-10-4-3-5-13-6-10/h10,13H,3-7H2,1-2H3. The van der Waals surface area contributed by atoms with Crippen molar-refractivity contribution in [1.82, 2.24) is 15.1 Å². The van der Waals surface area contributed by atoms with Crippen LogP contribution in [0.3, 0.4) is 0 Å². The molecule has 1 aromatic rings. The fourth-order valence-electron chi connectivity index (χ4n) is 2.18. The Morgan fingerprint density at radius 1 is 1.53 bits per heavy atom. The topological polar surface area (TPSA) is 29.9 Å². The van der Waals surface area contributed by atoms with E-state index < -0.39 is 0 Å². The molecule has 1 aromatic heterocycles. The second kappa shape index (κ2) is 4.54. The molecule has 15 heavy (non-hydrogen) atoms. The molecule has 2 rings (SSSR count). The number of nitrogens with zero attached hydrogens (tertiary/aromatic N) is 2. The van der Waals surface area contributed by atoms with Crippen molar-refractivity contribution in [2.45, 2.75) is 33.2 Å². The Morgan fingerprint density at radius 3 is 2.87 bits per heavy atom. The molecule has 0 spiro atoms. The molecular weight excluding hydrogens is 210 g/mol. The van der Waals surface area contributed by atoms with Crippen LogP contribution in [0.15, 0.2) is 0 Å². The number of halogens is 1. The van der Waals surface area contributed by atoms with Crippen molar-refractivity contribution in [2.75, 3.05) is 13.1 Å². The zero-order valence-electron chi connectivity index (χ0n) is 9.39. The van der Waals surface area contributed by atoms with Crippen molar-refractivity contribution in [3.05, 3.63) is 16.4 Å². The molecule has 0 amide bonds. The summed E-state index contributed by atoms with van der Waals surface area (Å²) in [4.78, 5) is 0. The van der Waals surface area contributed by atoms with Gasteiger partial charge in [0.1, 0.15) is 0 Å². The quantitative estimate of drug-likeness (QED) is 0.839. The molecule has 0 radical (unpaired) electrons. The molecule has 1 atom stereocenters. The van der Waals surface area contributed by atoms with Crippen molar-refractivity contribution < 1.29 is 0 Å². The van der Waals surface area contributed by atoms with Gasteiger partial charge in [-0.05, 0) is 45.7 Å². The molecule has 4 heteroatoms. The lowest BCUT2D eigenvalue weighted by Crippen LogP contribution is -2.32. The number of hydrogen-bond acceptors (Lipinski definition) is 2. The summed E-state index contributed by atoms with van der Waals surface area (Å²) in [6.07, 6.45) is 2.57. The van der Waals surface area contributed by atoms with E-state index in [0.717, 1.165) is 36.0 Å². The van der Waals surface area contributed by atoms with Crippen molar-refractivity contribution in [2.24, 2.45) is 5.92 Å². The monoisotopic (exact) mass is 227 g/mol. The first-order valence-electron chi connectivity index (χ1n) is 5.58. The summed E-state index contributed by atoms with van der Waals surface area (Å²) in [5.41, 5.74) is 2.04. The molecule has 1 saturated heterocycles. The number of hydrogen-bond donors (Lipinski definition) is 1. The van der Waals surface area contributed by atoms with E-state index in [-0.39, 0.29) is 0 Å². The number of rotatable bonds is 2. The van der Waals surface area contributed by atoms with E-state index >= 15 is 0 Å². The third-order valence-corrected chi connectivity index (χ3v) is 3.67. The van der Waals surface area contributed by atoms with Gasteiger partial charge in [-0.15, -0.1) is 0 Å².